The Morgan fingerprint density at radius 3 is 3.00 bits per heavy atom. The maximum Gasteiger partial charge on any atom is 0.167 e. The van der Waals surface area contributed by atoms with E-state index in [1.807, 2.05) is 13.0 Å². The monoisotopic (exact) mass is 230 g/mol. The van der Waals surface area contributed by atoms with E-state index in [1.165, 1.54) is 23.8 Å². The summed E-state index contributed by atoms with van der Waals surface area (Å²) in [5.41, 5.74) is 3.34. The topological polar surface area (TPSA) is 38.1 Å². The zero-order valence-corrected chi connectivity index (χ0v) is 10.2. The summed E-state index contributed by atoms with van der Waals surface area (Å²) in [7, 11) is 0. The van der Waals surface area contributed by atoms with Gasteiger partial charge < -0.3 is 9.84 Å². The number of nitrogens with zero attached hydrogens (tertiary/aromatic N) is 1. The van der Waals surface area contributed by atoms with Gasteiger partial charge in [-0.2, -0.15) is 0 Å². The molecule has 3 heteroatoms. The normalized spacial score (nSPS) is 17.7. The molecule has 3 rings (SSSR count). The van der Waals surface area contributed by atoms with E-state index in [9.17, 15) is 0 Å². The lowest BCUT2D eigenvalue weighted by Gasteiger charge is -2.22. The summed E-state index contributed by atoms with van der Waals surface area (Å²) in [5.74, 6) is 0.802. The van der Waals surface area contributed by atoms with Crippen LogP contribution in [-0.2, 0) is 6.42 Å². The fourth-order valence-electron chi connectivity index (χ4n) is 2.79. The van der Waals surface area contributed by atoms with E-state index in [1.54, 1.807) is 0 Å². The first-order valence-corrected chi connectivity index (χ1v) is 6.39. The Morgan fingerprint density at radius 1 is 1.35 bits per heavy atom. The van der Waals surface area contributed by atoms with Crippen LogP contribution in [0.5, 0.6) is 0 Å². The maximum absolute atomic E-state index is 5.32. The number of hydrogen-bond acceptors (Lipinski definition) is 3. The molecular weight excluding hydrogens is 212 g/mol. The Labute approximate surface area is 101 Å². The standard InChI is InChI=1S/C14H18N2O/c1-10-14-12(3-2-4-13(14)17-16-10)9-11-5-7-15-8-6-11/h2-4,11,15H,5-9H2,1H3. The second-order valence-electron chi connectivity index (χ2n) is 4.96. The lowest BCUT2D eigenvalue weighted by atomic mass is 9.89. The van der Waals surface area contributed by atoms with Crippen LogP contribution in [0.25, 0.3) is 11.0 Å². The second-order valence-corrected chi connectivity index (χ2v) is 4.96. The van der Waals surface area contributed by atoms with Gasteiger partial charge in [0.05, 0.1) is 5.69 Å². The van der Waals surface area contributed by atoms with Crippen molar-refractivity contribution in [3.05, 3.63) is 29.5 Å². The molecule has 1 aromatic heterocycles. The third kappa shape index (κ3) is 2.07. The number of piperidine rings is 1. The predicted octanol–water partition coefficient (Wildman–Crippen LogP) is 2.68. The molecule has 0 saturated carbocycles. The summed E-state index contributed by atoms with van der Waals surface area (Å²) in [6, 6.07) is 6.29. The summed E-state index contributed by atoms with van der Waals surface area (Å²) in [4.78, 5) is 0. The van der Waals surface area contributed by atoms with Crippen molar-refractivity contribution in [2.75, 3.05) is 13.1 Å². The summed E-state index contributed by atoms with van der Waals surface area (Å²) < 4.78 is 5.32. The number of benzene rings is 1. The van der Waals surface area contributed by atoms with E-state index in [4.69, 9.17) is 4.52 Å². The number of nitrogens with one attached hydrogen (secondary N) is 1. The first kappa shape index (κ1) is 10.8. The molecule has 2 aromatic rings. The van der Waals surface area contributed by atoms with Gasteiger partial charge in [-0.3, -0.25) is 0 Å². The van der Waals surface area contributed by atoms with Gasteiger partial charge in [0.2, 0.25) is 0 Å². The SMILES string of the molecule is Cc1noc2cccc(CC3CCNCC3)c12. The molecule has 0 bridgehead atoms. The number of aryl methyl sites for hydroxylation is 1. The van der Waals surface area contributed by atoms with Crippen molar-refractivity contribution in [2.24, 2.45) is 5.92 Å². The fraction of sp³-hybridized carbons (Fsp3) is 0.500. The zero-order valence-electron chi connectivity index (χ0n) is 10.2. The smallest absolute Gasteiger partial charge is 0.167 e. The van der Waals surface area contributed by atoms with Crippen molar-refractivity contribution in [3.63, 3.8) is 0 Å². The van der Waals surface area contributed by atoms with Crippen LogP contribution in [0, 0.1) is 12.8 Å². The van der Waals surface area contributed by atoms with Crippen LogP contribution < -0.4 is 5.32 Å². The molecule has 0 spiro atoms. The maximum atomic E-state index is 5.32. The Balaban J connectivity index is 1.91. The van der Waals surface area contributed by atoms with E-state index in [0.29, 0.717) is 0 Å². The van der Waals surface area contributed by atoms with E-state index in [0.717, 1.165) is 36.7 Å². The molecule has 0 aliphatic carbocycles. The second kappa shape index (κ2) is 4.49. The summed E-state index contributed by atoms with van der Waals surface area (Å²) in [5, 5.41) is 8.70. The van der Waals surface area contributed by atoms with Gasteiger partial charge in [0.15, 0.2) is 5.58 Å². The highest BCUT2D eigenvalue weighted by Gasteiger charge is 2.16. The van der Waals surface area contributed by atoms with Gasteiger partial charge in [-0.05, 0) is 56.8 Å². The van der Waals surface area contributed by atoms with Gasteiger partial charge >= 0.3 is 0 Å². The van der Waals surface area contributed by atoms with Crippen molar-refractivity contribution in [1.29, 1.82) is 0 Å². The van der Waals surface area contributed by atoms with E-state index < -0.39 is 0 Å². The molecule has 1 aliphatic heterocycles. The first-order chi connectivity index (χ1) is 8.34. The highest BCUT2D eigenvalue weighted by Crippen LogP contribution is 2.26. The third-order valence-electron chi connectivity index (χ3n) is 3.72. The molecule has 3 nitrogen and oxygen atoms in total. The van der Waals surface area contributed by atoms with Gasteiger partial charge in [0, 0.05) is 5.39 Å². The molecule has 1 aromatic carbocycles. The third-order valence-corrected chi connectivity index (χ3v) is 3.72. The van der Waals surface area contributed by atoms with Crippen LogP contribution in [0.15, 0.2) is 22.7 Å². The van der Waals surface area contributed by atoms with E-state index >= 15 is 0 Å². The van der Waals surface area contributed by atoms with Crippen LogP contribution in [0.3, 0.4) is 0 Å². The summed E-state index contributed by atoms with van der Waals surface area (Å²) in [6.07, 6.45) is 3.71. The molecule has 1 saturated heterocycles. The molecule has 0 radical (unpaired) electrons. The van der Waals surface area contributed by atoms with Gasteiger partial charge in [0.1, 0.15) is 0 Å². The van der Waals surface area contributed by atoms with Crippen LogP contribution in [0.1, 0.15) is 24.1 Å². The predicted molar refractivity (Wildman–Crippen MR) is 68.0 cm³/mol. The highest BCUT2D eigenvalue weighted by molar-refractivity contribution is 5.82. The average Bonchev–Trinajstić information content (AvgIpc) is 2.74. The lowest BCUT2D eigenvalue weighted by Crippen LogP contribution is -2.28. The Morgan fingerprint density at radius 2 is 2.18 bits per heavy atom. The van der Waals surface area contributed by atoms with Crippen LogP contribution >= 0.6 is 0 Å². The number of rotatable bonds is 2. The van der Waals surface area contributed by atoms with Crippen molar-refractivity contribution >= 4 is 11.0 Å². The molecule has 1 aliphatic rings. The zero-order chi connectivity index (χ0) is 11.7. The molecule has 0 atom stereocenters. The average molecular weight is 230 g/mol. The van der Waals surface area contributed by atoms with Crippen molar-refractivity contribution < 1.29 is 4.52 Å². The van der Waals surface area contributed by atoms with E-state index in [-0.39, 0.29) is 0 Å². The quantitative estimate of drug-likeness (QED) is 0.862. The molecule has 1 fully saturated rings. The first-order valence-electron chi connectivity index (χ1n) is 6.39. The van der Waals surface area contributed by atoms with Crippen LogP contribution in [0.4, 0.5) is 0 Å². The fourth-order valence-corrected chi connectivity index (χ4v) is 2.79. The largest absolute Gasteiger partial charge is 0.356 e. The number of fused-ring (bicyclic) bond motifs is 1. The van der Waals surface area contributed by atoms with Gasteiger partial charge in [-0.25, -0.2) is 0 Å². The summed E-state index contributed by atoms with van der Waals surface area (Å²) >= 11 is 0. The summed E-state index contributed by atoms with van der Waals surface area (Å²) in [6.45, 7) is 4.34. The van der Waals surface area contributed by atoms with Crippen molar-refractivity contribution in [1.82, 2.24) is 10.5 Å². The highest BCUT2D eigenvalue weighted by atomic mass is 16.5. The Bertz CT molecular complexity index is 512. The van der Waals surface area contributed by atoms with Crippen LogP contribution in [0.2, 0.25) is 0 Å². The van der Waals surface area contributed by atoms with Crippen molar-refractivity contribution in [3.8, 4) is 0 Å². The number of aromatic nitrogens is 1. The van der Waals surface area contributed by atoms with Gasteiger partial charge in [-0.1, -0.05) is 17.3 Å². The molecule has 90 valence electrons. The van der Waals surface area contributed by atoms with Crippen molar-refractivity contribution in [2.45, 2.75) is 26.2 Å². The Hall–Kier alpha value is -1.35. The minimum atomic E-state index is 0.802. The van der Waals surface area contributed by atoms with Crippen LogP contribution in [-0.4, -0.2) is 18.2 Å². The van der Waals surface area contributed by atoms with E-state index in [2.05, 4.69) is 22.6 Å². The number of hydrogen-bond donors (Lipinski definition) is 1. The minimum absolute atomic E-state index is 0.802. The molecule has 2 heterocycles. The van der Waals surface area contributed by atoms with Gasteiger partial charge in [-0.15, -0.1) is 0 Å². The lowest BCUT2D eigenvalue weighted by molar-refractivity contribution is 0.373. The van der Waals surface area contributed by atoms with Gasteiger partial charge in [0.25, 0.3) is 0 Å². The molecule has 0 unspecified atom stereocenters. The molecule has 0 amide bonds. The molecule has 1 N–H and O–H groups in total. The minimum Gasteiger partial charge on any atom is -0.356 e. The Kier molecular flexibility index (Phi) is 2.85. The molecular formula is C14H18N2O. The molecule has 17 heavy (non-hydrogen) atoms.